The summed E-state index contributed by atoms with van der Waals surface area (Å²) in [7, 11) is 0. The Bertz CT molecular complexity index is 822. The molecule has 3 rings (SSSR count). The van der Waals surface area contributed by atoms with E-state index in [1.165, 1.54) is 6.20 Å². The number of nitrogens with zero attached hydrogens (tertiary/aromatic N) is 4. The molecule has 1 aliphatic rings. The SMILES string of the molecule is CC(=O)N1CCCCC1c1cc(-c2cncc(C(=O)O)c2)nc(C)n1. The summed E-state index contributed by atoms with van der Waals surface area (Å²) in [4.78, 5) is 37.9. The van der Waals surface area contributed by atoms with E-state index in [0.717, 1.165) is 31.5 Å². The van der Waals surface area contributed by atoms with Crippen LogP contribution in [0.4, 0.5) is 0 Å². The summed E-state index contributed by atoms with van der Waals surface area (Å²) in [5.41, 5.74) is 2.14. The molecule has 1 amide bonds. The van der Waals surface area contributed by atoms with E-state index in [2.05, 4.69) is 15.0 Å². The fraction of sp³-hybridized carbons (Fsp3) is 0.389. The molecule has 1 unspecified atom stereocenters. The zero-order chi connectivity index (χ0) is 18.0. The first-order valence-corrected chi connectivity index (χ1v) is 8.27. The molecule has 3 heterocycles. The number of amides is 1. The highest BCUT2D eigenvalue weighted by Gasteiger charge is 2.27. The third-order valence-electron chi connectivity index (χ3n) is 4.39. The van der Waals surface area contributed by atoms with Gasteiger partial charge in [-0.2, -0.15) is 0 Å². The Balaban J connectivity index is 2.02. The summed E-state index contributed by atoms with van der Waals surface area (Å²) in [6, 6.07) is 3.31. The van der Waals surface area contributed by atoms with E-state index < -0.39 is 5.97 Å². The first-order chi connectivity index (χ1) is 12.0. The van der Waals surface area contributed by atoms with Gasteiger partial charge in [0.05, 0.1) is 23.0 Å². The maximum Gasteiger partial charge on any atom is 0.337 e. The molecule has 1 N–H and O–H groups in total. The van der Waals surface area contributed by atoms with Crippen molar-refractivity contribution in [3.05, 3.63) is 41.6 Å². The molecule has 0 spiro atoms. The smallest absolute Gasteiger partial charge is 0.337 e. The van der Waals surface area contributed by atoms with Gasteiger partial charge in [-0.3, -0.25) is 9.78 Å². The Hall–Kier alpha value is -2.83. The lowest BCUT2D eigenvalue weighted by Gasteiger charge is -2.34. The van der Waals surface area contributed by atoms with Crippen molar-refractivity contribution >= 4 is 11.9 Å². The number of carboxylic acids is 1. The fourth-order valence-electron chi connectivity index (χ4n) is 3.22. The molecule has 1 atom stereocenters. The molecule has 0 radical (unpaired) electrons. The third kappa shape index (κ3) is 3.65. The van der Waals surface area contributed by atoms with Gasteiger partial charge in [-0.05, 0) is 38.3 Å². The Kier molecular flexibility index (Phi) is 4.74. The zero-order valence-electron chi connectivity index (χ0n) is 14.3. The lowest BCUT2D eigenvalue weighted by atomic mass is 9.98. The zero-order valence-corrected chi connectivity index (χ0v) is 14.3. The largest absolute Gasteiger partial charge is 0.478 e. The number of aromatic nitrogens is 3. The number of aromatic carboxylic acids is 1. The van der Waals surface area contributed by atoms with Crippen LogP contribution in [0.1, 0.15) is 54.1 Å². The highest BCUT2D eigenvalue weighted by molar-refractivity contribution is 5.88. The van der Waals surface area contributed by atoms with Crippen molar-refractivity contribution < 1.29 is 14.7 Å². The minimum absolute atomic E-state index is 0.0389. The number of carbonyl (C=O) groups is 2. The molecule has 130 valence electrons. The molecule has 0 aliphatic carbocycles. The van der Waals surface area contributed by atoms with Gasteiger partial charge in [-0.25, -0.2) is 14.8 Å². The van der Waals surface area contributed by atoms with Gasteiger partial charge in [0.2, 0.25) is 5.91 Å². The average Bonchev–Trinajstić information content (AvgIpc) is 2.61. The predicted molar refractivity (Wildman–Crippen MR) is 90.9 cm³/mol. The third-order valence-corrected chi connectivity index (χ3v) is 4.39. The van der Waals surface area contributed by atoms with Crippen LogP contribution in [0, 0.1) is 6.92 Å². The first kappa shape index (κ1) is 17.0. The van der Waals surface area contributed by atoms with Crippen LogP contribution in [0.3, 0.4) is 0 Å². The minimum atomic E-state index is -1.03. The second-order valence-electron chi connectivity index (χ2n) is 6.22. The van der Waals surface area contributed by atoms with Gasteiger partial charge >= 0.3 is 5.97 Å². The molecule has 0 aromatic carbocycles. The highest BCUT2D eigenvalue weighted by atomic mass is 16.4. The van der Waals surface area contributed by atoms with E-state index in [1.54, 1.807) is 26.1 Å². The Morgan fingerprint density at radius 2 is 2.00 bits per heavy atom. The van der Waals surface area contributed by atoms with Crippen molar-refractivity contribution in [1.82, 2.24) is 19.9 Å². The summed E-state index contributed by atoms with van der Waals surface area (Å²) in [6.07, 6.45) is 5.80. The van der Waals surface area contributed by atoms with Crippen LogP contribution in [0.25, 0.3) is 11.3 Å². The lowest BCUT2D eigenvalue weighted by molar-refractivity contribution is -0.132. The molecule has 25 heavy (non-hydrogen) atoms. The molecule has 0 saturated carbocycles. The number of hydrogen-bond donors (Lipinski definition) is 1. The van der Waals surface area contributed by atoms with Crippen molar-refractivity contribution in [2.45, 2.75) is 39.2 Å². The van der Waals surface area contributed by atoms with E-state index in [4.69, 9.17) is 5.11 Å². The lowest BCUT2D eigenvalue weighted by Crippen LogP contribution is -2.37. The van der Waals surface area contributed by atoms with Crippen molar-refractivity contribution in [2.24, 2.45) is 0 Å². The van der Waals surface area contributed by atoms with E-state index in [-0.39, 0.29) is 17.5 Å². The van der Waals surface area contributed by atoms with E-state index in [1.807, 2.05) is 11.0 Å². The second-order valence-corrected chi connectivity index (χ2v) is 6.22. The standard InChI is InChI=1S/C18H20N4O3/c1-11-20-15(13-7-14(18(24)25)10-19-9-13)8-16(21-11)17-5-3-4-6-22(17)12(2)23/h7-10,17H,3-6H2,1-2H3,(H,24,25). The summed E-state index contributed by atoms with van der Waals surface area (Å²) < 4.78 is 0. The highest BCUT2D eigenvalue weighted by Crippen LogP contribution is 2.31. The van der Waals surface area contributed by atoms with E-state index >= 15 is 0 Å². The van der Waals surface area contributed by atoms with Crippen molar-refractivity contribution in [3.63, 3.8) is 0 Å². The van der Waals surface area contributed by atoms with Crippen LogP contribution in [0.2, 0.25) is 0 Å². The van der Waals surface area contributed by atoms with Crippen LogP contribution in [-0.2, 0) is 4.79 Å². The molecule has 7 nitrogen and oxygen atoms in total. The van der Waals surface area contributed by atoms with Crippen LogP contribution in [-0.4, -0.2) is 43.4 Å². The van der Waals surface area contributed by atoms with E-state index in [9.17, 15) is 9.59 Å². The summed E-state index contributed by atoms with van der Waals surface area (Å²) in [5, 5.41) is 9.15. The van der Waals surface area contributed by atoms with Crippen molar-refractivity contribution in [3.8, 4) is 11.3 Å². The number of hydrogen-bond acceptors (Lipinski definition) is 5. The van der Waals surface area contributed by atoms with Crippen LogP contribution >= 0.6 is 0 Å². The van der Waals surface area contributed by atoms with E-state index in [0.29, 0.717) is 17.1 Å². The average molecular weight is 340 g/mol. The number of rotatable bonds is 3. The Morgan fingerprint density at radius 1 is 1.20 bits per heavy atom. The molecular weight excluding hydrogens is 320 g/mol. The predicted octanol–water partition coefficient (Wildman–Crippen LogP) is 2.62. The normalized spacial score (nSPS) is 17.4. The number of piperidine rings is 1. The molecular formula is C18H20N4O3. The van der Waals surface area contributed by atoms with Gasteiger partial charge in [0.15, 0.2) is 0 Å². The minimum Gasteiger partial charge on any atom is -0.478 e. The van der Waals surface area contributed by atoms with Gasteiger partial charge in [0, 0.05) is 31.4 Å². The molecule has 2 aromatic rings. The van der Waals surface area contributed by atoms with Crippen molar-refractivity contribution in [1.29, 1.82) is 0 Å². The maximum absolute atomic E-state index is 11.9. The van der Waals surface area contributed by atoms with Gasteiger partial charge in [0.25, 0.3) is 0 Å². The Morgan fingerprint density at radius 3 is 2.72 bits per heavy atom. The monoisotopic (exact) mass is 340 g/mol. The van der Waals surface area contributed by atoms with Gasteiger partial charge < -0.3 is 10.0 Å². The molecule has 1 aliphatic heterocycles. The number of carbonyl (C=O) groups excluding carboxylic acids is 1. The number of likely N-dealkylation sites (tertiary alicyclic amines) is 1. The molecule has 2 aromatic heterocycles. The van der Waals surface area contributed by atoms with Gasteiger partial charge in [0.1, 0.15) is 5.82 Å². The summed E-state index contributed by atoms with van der Waals surface area (Å²) >= 11 is 0. The summed E-state index contributed by atoms with van der Waals surface area (Å²) in [5.74, 6) is -0.408. The Labute approximate surface area is 145 Å². The van der Waals surface area contributed by atoms with Crippen LogP contribution in [0.15, 0.2) is 24.5 Å². The number of carboxylic acid groups (broad SMARTS) is 1. The van der Waals surface area contributed by atoms with Gasteiger partial charge in [-0.1, -0.05) is 0 Å². The van der Waals surface area contributed by atoms with Crippen molar-refractivity contribution in [2.75, 3.05) is 6.54 Å². The van der Waals surface area contributed by atoms with Crippen LogP contribution in [0.5, 0.6) is 0 Å². The first-order valence-electron chi connectivity index (χ1n) is 8.27. The maximum atomic E-state index is 11.9. The molecule has 0 bridgehead atoms. The molecule has 1 saturated heterocycles. The molecule has 7 heteroatoms. The quantitative estimate of drug-likeness (QED) is 0.922. The number of aryl methyl sites for hydroxylation is 1. The molecule has 1 fully saturated rings. The topological polar surface area (TPSA) is 96.3 Å². The second kappa shape index (κ2) is 6.96. The van der Waals surface area contributed by atoms with Gasteiger partial charge in [-0.15, -0.1) is 0 Å². The van der Waals surface area contributed by atoms with Crippen LogP contribution < -0.4 is 0 Å². The fourth-order valence-corrected chi connectivity index (χ4v) is 3.22. The summed E-state index contributed by atoms with van der Waals surface area (Å²) in [6.45, 7) is 4.10. The number of pyridine rings is 1.